The Morgan fingerprint density at radius 1 is 1.10 bits per heavy atom. The molecule has 1 aliphatic rings. The normalized spacial score (nSPS) is 15.6. The molecule has 0 amide bonds. The van der Waals surface area contributed by atoms with Crippen LogP contribution < -0.4 is 0 Å². The van der Waals surface area contributed by atoms with Gasteiger partial charge in [0.05, 0.1) is 11.9 Å². The molecule has 1 fully saturated rings. The second-order valence-corrected chi connectivity index (χ2v) is 9.58. The number of hydrogen-bond acceptors (Lipinski definition) is 4. The number of aryl methyl sites for hydroxylation is 1. The van der Waals surface area contributed by atoms with E-state index >= 15 is 0 Å². The molecule has 0 aliphatic carbocycles. The molecule has 0 N–H and O–H groups in total. The highest BCUT2D eigenvalue weighted by atomic mass is 16.1. The quantitative estimate of drug-likeness (QED) is 0.660. The van der Waals surface area contributed by atoms with E-state index in [1.807, 2.05) is 26.4 Å². The number of pyridine rings is 1. The molecule has 1 aliphatic heterocycles. The summed E-state index contributed by atoms with van der Waals surface area (Å²) in [6.45, 7) is 11.5. The Kier molecular flexibility index (Phi) is 5.03. The maximum atomic E-state index is 12.7. The van der Waals surface area contributed by atoms with Gasteiger partial charge in [-0.1, -0.05) is 32.9 Å². The Morgan fingerprint density at radius 3 is 2.52 bits per heavy atom. The Hall–Kier alpha value is -2.53. The standard InChI is InChI=1S/C24H30N4O/c1-16-25-12-22(27(16)5)17-6-7-18-11-26-21(9-19(18)8-17)10-23(29)20-13-28(14-20)15-24(2,3)4/h6-9,11-12,20H,10,13-15H2,1-5H3. The summed E-state index contributed by atoms with van der Waals surface area (Å²) in [5.74, 6) is 1.45. The zero-order valence-electron chi connectivity index (χ0n) is 18.1. The van der Waals surface area contributed by atoms with E-state index in [9.17, 15) is 4.79 Å². The maximum Gasteiger partial charge on any atom is 0.144 e. The van der Waals surface area contributed by atoms with Gasteiger partial charge in [-0.3, -0.25) is 9.78 Å². The lowest BCUT2D eigenvalue weighted by atomic mass is 9.88. The number of imidazole rings is 1. The smallest absolute Gasteiger partial charge is 0.144 e. The zero-order chi connectivity index (χ0) is 20.8. The second kappa shape index (κ2) is 7.38. The molecule has 0 atom stereocenters. The van der Waals surface area contributed by atoms with E-state index < -0.39 is 0 Å². The summed E-state index contributed by atoms with van der Waals surface area (Å²) in [6.07, 6.45) is 4.20. The first-order chi connectivity index (χ1) is 13.7. The van der Waals surface area contributed by atoms with Crippen LogP contribution >= 0.6 is 0 Å². The zero-order valence-corrected chi connectivity index (χ0v) is 18.1. The van der Waals surface area contributed by atoms with E-state index in [0.29, 0.717) is 12.2 Å². The molecule has 0 saturated carbocycles. The summed E-state index contributed by atoms with van der Waals surface area (Å²) in [4.78, 5) is 24.0. The van der Waals surface area contributed by atoms with Gasteiger partial charge < -0.3 is 9.47 Å². The first-order valence-electron chi connectivity index (χ1n) is 10.3. The predicted octanol–water partition coefficient (Wildman–Crippen LogP) is 4.03. The van der Waals surface area contributed by atoms with E-state index in [4.69, 9.17) is 0 Å². The molecular formula is C24H30N4O. The third-order valence-corrected chi connectivity index (χ3v) is 5.76. The van der Waals surface area contributed by atoms with Crippen LogP contribution in [0, 0.1) is 18.3 Å². The molecule has 0 unspecified atom stereocenters. The molecule has 152 valence electrons. The molecule has 0 radical (unpaired) electrons. The van der Waals surface area contributed by atoms with Gasteiger partial charge in [0, 0.05) is 61.9 Å². The van der Waals surface area contributed by atoms with Crippen molar-refractivity contribution in [3.8, 4) is 11.3 Å². The van der Waals surface area contributed by atoms with Crippen molar-refractivity contribution in [3.05, 3.63) is 48.2 Å². The van der Waals surface area contributed by atoms with Crippen molar-refractivity contribution in [1.29, 1.82) is 0 Å². The highest BCUT2D eigenvalue weighted by Gasteiger charge is 2.34. The fourth-order valence-corrected chi connectivity index (χ4v) is 4.11. The van der Waals surface area contributed by atoms with Gasteiger partial charge in [-0.2, -0.15) is 0 Å². The fourth-order valence-electron chi connectivity index (χ4n) is 4.11. The van der Waals surface area contributed by atoms with E-state index in [2.05, 4.69) is 64.5 Å². The molecule has 2 aromatic heterocycles. The molecular weight excluding hydrogens is 360 g/mol. The molecule has 5 nitrogen and oxygen atoms in total. The van der Waals surface area contributed by atoms with Crippen LogP contribution in [0.15, 0.2) is 36.7 Å². The number of hydrogen-bond donors (Lipinski definition) is 0. The molecule has 5 heteroatoms. The third kappa shape index (κ3) is 4.25. The molecule has 0 spiro atoms. The van der Waals surface area contributed by atoms with Crippen LogP contribution in [0.25, 0.3) is 22.0 Å². The summed E-state index contributed by atoms with van der Waals surface area (Å²) in [5, 5.41) is 2.20. The molecule has 3 heterocycles. The van der Waals surface area contributed by atoms with Crippen LogP contribution in [0.1, 0.15) is 32.3 Å². The second-order valence-electron chi connectivity index (χ2n) is 9.58. The number of ketones is 1. The van der Waals surface area contributed by atoms with E-state index in [1.165, 1.54) is 0 Å². The Morgan fingerprint density at radius 2 is 1.86 bits per heavy atom. The first-order valence-corrected chi connectivity index (χ1v) is 10.3. The number of likely N-dealkylation sites (tertiary alicyclic amines) is 1. The first kappa shape index (κ1) is 19.8. The molecule has 4 rings (SSSR count). The monoisotopic (exact) mass is 390 g/mol. The van der Waals surface area contributed by atoms with Gasteiger partial charge in [0.1, 0.15) is 11.6 Å². The van der Waals surface area contributed by atoms with Crippen molar-refractivity contribution in [2.24, 2.45) is 18.4 Å². The van der Waals surface area contributed by atoms with Crippen LogP contribution in [0.3, 0.4) is 0 Å². The van der Waals surface area contributed by atoms with Gasteiger partial charge in [-0.05, 0) is 29.9 Å². The summed E-state index contributed by atoms with van der Waals surface area (Å²) in [6, 6.07) is 8.41. The molecule has 1 saturated heterocycles. The minimum Gasteiger partial charge on any atom is -0.331 e. The van der Waals surface area contributed by atoms with Crippen molar-refractivity contribution >= 4 is 16.6 Å². The largest absolute Gasteiger partial charge is 0.331 e. The van der Waals surface area contributed by atoms with Gasteiger partial charge in [0.25, 0.3) is 0 Å². The van der Waals surface area contributed by atoms with Crippen molar-refractivity contribution in [2.75, 3.05) is 19.6 Å². The minimum atomic E-state index is 0.151. The van der Waals surface area contributed by atoms with Gasteiger partial charge in [-0.25, -0.2) is 4.98 Å². The molecule has 3 aromatic rings. The number of nitrogens with zero attached hydrogens (tertiary/aromatic N) is 4. The van der Waals surface area contributed by atoms with Crippen molar-refractivity contribution in [3.63, 3.8) is 0 Å². The average molecular weight is 391 g/mol. The number of fused-ring (bicyclic) bond motifs is 1. The Labute approximate surface area is 172 Å². The summed E-state index contributed by atoms with van der Waals surface area (Å²) >= 11 is 0. The number of aromatic nitrogens is 3. The highest BCUT2D eigenvalue weighted by molar-refractivity contribution is 5.88. The van der Waals surface area contributed by atoms with E-state index in [1.54, 1.807) is 0 Å². The number of Topliss-reactive ketones (excluding diaryl/α,β-unsaturated/α-hetero) is 1. The van der Waals surface area contributed by atoms with Crippen LogP contribution in [0.2, 0.25) is 0 Å². The van der Waals surface area contributed by atoms with Gasteiger partial charge in [0.15, 0.2) is 0 Å². The lowest BCUT2D eigenvalue weighted by molar-refractivity contribution is -0.127. The van der Waals surface area contributed by atoms with E-state index in [-0.39, 0.29) is 11.3 Å². The Balaban J connectivity index is 1.47. The fraction of sp³-hybridized carbons (Fsp3) is 0.458. The maximum absolute atomic E-state index is 12.7. The topological polar surface area (TPSA) is 51.0 Å². The van der Waals surface area contributed by atoms with E-state index in [0.717, 1.165) is 53.2 Å². The van der Waals surface area contributed by atoms with Gasteiger partial charge in [0.2, 0.25) is 0 Å². The van der Waals surface area contributed by atoms with Crippen molar-refractivity contribution in [2.45, 2.75) is 34.1 Å². The van der Waals surface area contributed by atoms with Crippen LogP contribution in [0.4, 0.5) is 0 Å². The lowest BCUT2D eigenvalue weighted by Gasteiger charge is -2.41. The minimum absolute atomic E-state index is 0.151. The molecule has 29 heavy (non-hydrogen) atoms. The number of benzene rings is 1. The number of carbonyl (C=O) groups excluding carboxylic acids is 1. The molecule has 1 aromatic carbocycles. The number of carbonyl (C=O) groups is 1. The lowest BCUT2D eigenvalue weighted by Crippen LogP contribution is -2.53. The van der Waals surface area contributed by atoms with Gasteiger partial charge >= 0.3 is 0 Å². The highest BCUT2D eigenvalue weighted by Crippen LogP contribution is 2.27. The van der Waals surface area contributed by atoms with Crippen molar-refractivity contribution in [1.82, 2.24) is 19.4 Å². The SMILES string of the molecule is Cc1ncc(-c2ccc3cnc(CC(=O)C4CN(CC(C)(C)C)C4)cc3c2)n1C. The van der Waals surface area contributed by atoms with Crippen LogP contribution in [-0.2, 0) is 18.3 Å². The molecule has 0 bridgehead atoms. The summed E-state index contributed by atoms with van der Waals surface area (Å²) in [7, 11) is 2.03. The predicted molar refractivity (Wildman–Crippen MR) is 117 cm³/mol. The van der Waals surface area contributed by atoms with Crippen molar-refractivity contribution < 1.29 is 4.79 Å². The Bertz CT molecular complexity index is 1050. The van der Waals surface area contributed by atoms with Gasteiger partial charge in [-0.15, -0.1) is 0 Å². The summed E-state index contributed by atoms with van der Waals surface area (Å²) in [5.41, 5.74) is 3.35. The third-order valence-electron chi connectivity index (χ3n) is 5.76. The van der Waals surface area contributed by atoms with Crippen LogP contribution in [0.5, 0.6) is 0 Å². The summed E-state index contributed by atoms with van der Waals surface area (Å²) < 4.78 is 2.09. The average Bonchev–Trinajstić information content (AvgIpc) is 2.95. The number of rotatable bonds is 5. The van der Waals surface area contributed by atoms with Crippen LogP contribution in [-0.4, -0.2) is 44.9 Å².